The second kappa shape index (κ2) is 9.63. The predicted octanol–water partition coefficient (Wildman–Crippen LogP) is 4.03. The van der Waals surface area contributed by atoms with Gasteiger partial charge in [0, 0.05) is 12.1 Å². The van der Waals surface area contributed by atoms with Gasteiger partial charge in [-0.15, -0.1) is 0 Å². The van der Waals surface area contributed by atoms with Crippen molar-refractivity contribution in [3.63, 3.8) is 0 Å². The van der Waals surface area contributed by atoms with Gasteiger partial charge in [0.05, 0.1) is 25.5 Å². The molecule has 1 saturated heterocycles. The van der Waals surface area contributed by atoms with Crippen LogP contribution in [0.5, 0.6) is 28.7 Å². The third-order valence-electron chi connectivity index (χ3n) is 5.01. The lowest BCUT2D eigenvalue weighted by Gasteiger charge is -2.29. The first-order valence-electron chi connectivity index (χ1n) is 10.1. The van der Waals surface area contributed by atoms with E-state index in [1.54, 1.807) is 24.3 Å². The van der Waals surface area contributed by atoms with Gasteiger partial charge in [-0.1, -0.05) is 18.2 Å². The molecule has 3 aromatic carbocycles. The van der Waals surface area contributed by atoms with E-state index in [0.717, 1.165) is 0 Å². The minimum atomic E-state index is -0.687. The fourth-order valence-electron chi connectivity index (χ4n) is 3.34. The van der Waals surface area contributed by atoms with Gasteiger partial charge in [-0.05, 0) is 54.7 Å². The molecule has 1 heterocycles. The maximum absolute atomic E-state index is 13.3. The Hall–Kier alpha value is -4.37. The van der Waals surface area contributed by atoms with Crippen LogP contribution in [0.4, 0.5) is 5.69 Å². The van der Waals surface area contributed by atoms with Gasteiger partial charge in [0.15, 0.2) is 5.11 Å². The minimum absolute atomic E-state index is 0.0604. The normalized spacial score (nSPS) is 14.7. The third-order valence-corrected chi connectivity index (χ3v) is 5.30. The summed E-state index contributed by atoms with van der Waals surface area (Å²) in [7, 11) is 2.85. The van der Waals surface area contributed by atoms with Crippen LogP contribution in [0.2, 0.25) is 0 Å². The smallest absolute Gasteiger partial charge is 0.270 e. The summed E-state index contributed by atoms with van der Waals surface area (Å²) in [5.41, 5.74) is 0.366. The van der Waals surface area contributed by atoms with Gasteiger partial charge in [-0.25, -0.2) is 0 Å². The Bertz CT molecular complexity index is 1290. The number of carbonyl (C=O) groups is 2. The fourth-order valence-corrected chi connectivity index (χ4v) is 3.62. The number of hydrogen-bond donors (Lipinski definition) is 2. The lowest BCUT2D eigenvalue weighted by Crippen LogP contribution is -2.54. The van der Waals surface area contributed by atoms with Crippen LogP contribution in [0.1, 0.15) is 5.56 Å². The number of carbonyl (C=O) groups excluding carboxylic acids is 2. The first-order valence-corrected chi connectivity index (χ1v) is 10.5. The molecule has 0 unspecified atom stereocenters. The molecule has 0 saturated carbocycles. The van der Waals surface area contributed by atoms with Crippen molar-refractivity contribution in [2.75, 3.05) is 19.1 Å². The lowest BCUT2D eigenvalue weighted by atomic mass is 10.0. The van der Waals surface area contributed by atoms with E-state index < -0.39 is 11.8 Å². The van der Waals surface area contributed by atoms with Crippen LogP contribution >= 0.6 is 12.2 Å². The number of phenols is 1. The van der Waals surface area contributed by atoms with Gasteiger partial charge in [0.25, 0.3) is 11.8 Å². The molecule has 0 radical (unpaired) electrons. The van der Waals surface area contributed by atoms with Gasteiger partial charge in [0.1, 0.15) is 34.3 Å². The number of nitrogens with zero attached hydrogens (tertiary/aromatic N) is 1. The molecule has 0 atom stereocenters. The van der Waals surface area contributed by atoms with Gasteiger partial charge in [-0.3, -0.25) is 19.8 Å². The lowest BCUT2D eigenvalue weighted by molar-refractivity contribution is -0.122. The number of methoxy groups -OCH3 is 2. The quantitative estimate of drug-likeness (QED) is 0.315. The van der Waals surface area contributed by atoms with Crippen molar-refractivity contribution in [1.29, 1.82) is 0 Å². The molecule has 0 spiro atoms. The maximum Gasteiger partial charge on any atom is 0.270 e. The van der Waals surface area contributed by atoms with Crippen LogP contribution in [0.25, 0.3) is 6.08 Å². The SMILES string of the molecule is COc1cc(O)c(/C=C2\C(=O)NC(=S)N(c3ccc(Oc4ccccc4)cc3)C2=O)c(OC)c1. The Morgan fingerprint density at radius 1 is 0.912 bits per heavy atom. The number of aromatic hydroxyl groups is 1. The first kappa shape index (κ1) is 22.8. The van der Waals surface area contributed by atoms with Crippen molar-refractivity contribution in [3.05, 3.63) is 77.9 Å². The van der Waals surface area contributed by atoms with Crippen LogP contribution in [0.3, 0.4) is 0 Å². The minimum Gasteiger partial charge on any atom is -0.507 e. The summed E-state index contributed by atoms with van der Waals surface area (Å²) >= 11 is 5.25. The number of anilines is 1. The van der Waals surface area contributed by atoms with Crippen molar-refractivity contribution >= 4 is 40.9 Å². The topological polar surface area (TPSA) is 97.3 Å². The zero-order valence-corrected chi connectivity index (χ0v) is 19.1. The average Bonchev–Trinajstić information content (AvgIpc) is 2.83. The zero-order chi connectivity index (χ0) is 24.2. The molecule has 34 heavy (non-hydrogen) atoms. The molecule has 0 bridgehead atoms. The van der Waals surface area contributed by atoms with Crippen LogP contribution < -0.4 is 24.4 Å². The van der Waals surface area contributed by atoms with Crippen molar-refractivity contribution in [2.24, 2.45) is 0 Å². The molecule has 1 aliphatic heterocycles. The van der Waals surface area contributed by atoms with Gasteiger partial charge in [0.2, 0.25) is 0 Å². The summed E-state index contributed by atoms with van der Waals surface area (Å²) in [5, 5.41) is 12.9. The van der Waals surface area contributed by atoms with E-state index in [4.69, 9.17) is 26.4 Å². The van der Waals surface area contributed by atoms with Crippen LogP contribution in [-0.2, 0) is 9.59 Å². The molecule has 3 aromatic rings. The zero-order valence-electron chi connectivity index (χ0n) is 18.3. The number of ether oxygens (including phenoxy) is 3. The third kappa shape index (κ3) is 4.55. The largest absolute Gasteiger partial charge is 0.507 e. The van der Waals surface area contributed by atoms with E-state index in [-0.39, 0.29) is 27.7 Å². The van der Waals surface area contributed by atoms with E-state index in [1.165, 1.54) is 37.3 Å². The summed E-state index contributed by atoms with van der Waals surface area (Å²) in [4.78, 5) is 27.1. The highest BCUT2D eigenvalue weighted by Crippen LogP contribution is 2.36. The number of benzene rings is 3. The Morgan fingerprint density at radius 2 is 1.59 bits per heavy atom. The van der Waals surface area contributed by atoms with Crippen molar-refractivity contribution in [1.82, 2.24) is 5.32 Å². The van der Waals surface area contributed by atoms with Gasteiger partial charge in [-0.2, -0.15) is 0 Å². The van der Waals surface area contributed by atoms with E-state index >= 15 is 0 Å². The Balaban J connectivity index is 1.65. The van der Waals surface area contributed by atoms with Crippen molar-refractivity contribution < 1.29 is 28.9 Å². The van der Waals surface area contributed by atoms with E-state index in [2.05, 4.69) is 5.32 Å². The molecule has 9 heteroatoms. The highest BCUT2D eigenvalue weighted by Gasteiger charge is 2.35. The van der Waals surface area contributed by atoms with Crippen LogP contribution in [-0.4, -0.2) is 36.3 Å². The number of hydrogen-bond acceptors (Lipinski definition) is 7. The number of phenolic OH excluding ortho intramolecular Hbond substituents is 1. The van der Waals surface area contributed by atoms with Gasteiger partial charge < -0.3 is 19.3 Å². The van der Waals surface area contributed by atoms with Crippen molar-refractivity contribution in [2.45, 2.75) is 0 Å². The Labute approximate surface area is 201 Å². The second-order valence-corrected chi connectivity index (χ2v) is 7.52. The van der Waals surface area contributed by atoms with E-state index in [0.29, 0.717) is 22.9 Å². The number of amides is 2. The summed E-state index contributed by atoms with van der Waals surface area (Å²) in [5.74, 6) is 0.272. The number of rotatable bonds is 6. The highest BCUT2D eigenvalue weighted by molar-refractivity contribution is 7.80. The highest BCUT2D eigenvalue weighted by atomic mass is 32.1. The molecule has 4 rings (SSSR count). The number of nitrogens with one attached hydrogen (secondary N) is 1. The number of para-hydroxylation sites is 1. The van der Waals surface area contributed by atoms with E-state index in [1.807, 2.05) is 30.3 Å². The second-order valence-electron chi connectivity index (χ2n) is 7.13. The Kier molecular flexibility index (Phi) is 6.46. The summed E-state index contributed by atoms with van der Waals surface area (Å²) in [6, 6.07) is 18.8. The Morgan fingerprint density at radius 3 is 2.24 bits per heavy atom. The molecule has 8 nitrogen and oxygen atoms in total. The molecule has 172 valence electrons. The van der Waals surface area contributed by atoms with Gasteiger partial charge >= 0.3 is 0 Å². The van der Waals surface area contributed by atoms with Crippen LogP contribution in [0.15, 0.2) is 72.3 Å². The predicted molar refractivity (Wildman–Crippen MR) is 130 cm³/mol. The maximum atomic E-state index is 13.3. The summed E-state index contributed by atoms with van der Waals surface area (Å²) in [6.07, 6.45) is 1.26. The van der Waals surface area contributed by atoms with Crippen LogP contribution in [0, 0.1) is 0 Å². The molecule has 2 amide bonds. The fraction of sp³-hybridized carbons (Fsp3) is 0.0800. The summed E-state index contributed by atoms with van der Waals surface area (Å²) in [6.45, 7) is 0. The monoisotopic (exact) mass is 476 g/mol. The molecule has 1 aliphatic rings. The standard InChI is InChI=1S/C25H20N2O6S/c1-31-18-12-21(28)19(22(13-18)32-2)14-20-23(29)26-25(34)27(24(20)30)15-8-10-17(11-9-15)33-16-6-4-3-5-7-16/h3-14,28H,1-2H3,(H,26,29,34)/b20-14+. The molecule has 2 N–H and O–H groups in total. The number of thiocarbonyl (C=S) groups is 1. The molecular weight excluding hydrogens is 456 g/mol. The molecule has 0 aliphatic carbocycles. The van der Waals surface area contributed by atoms with E-state index in [9.17, 15) is 14.7 Å². The van der Waals surface area contributed by atoms with Crippen molar-refractivity contribution in [3.8, 4) is 28.7 Å². The summed E-state index contributed by atoms with van der Waals surface area (Å²) < 4.78 is 16.2. The molecule has 1 fully saturated rings. The molecule has 0 aromatic heterocycles. The average molecular weight is 477 g/mol. The first-order chi connectivity index (χ1) is 16.4. The molecular formula is C25H20N2O6S.